The number of carbonyl (C=O) groups excluding carboxylic acids is 3. The van der Waals surface area contributed by atoms with E-state index >= 15 is 0 Å². The predicted octanol–water partition coefficient (Wildman–Crippen LogP) is 9.78. The van der Waals surface area contributed by atoms with Crippen molar-refractivity contribution < 1.29 is 38.5 Å². The van der Waals surface area contributed by atoms with Crippen molar-refractivity contribution in [2.45, 2.75) is 64.7 Å². The molecule has 0 amide bonds. The first kappa shape index (κ1) is 42.5. The summed E-state index contributed by atoms with van der Waals surface area (Å²) in [6.45, 7) is 11.7. The highest BCUT2D eigenvalue weighted by molar-refractivity contribution is 9.11. The number of carboxylic acid groups (broad SMARTS) is 1. The second kappa shape index (κ2) is 16.3. The number of esters is 3. The maximum absolute atomic E-state index is 13.9. The molecule has 298 valence electrons. The van der Waals surface area contributed by atoms with Gasteiger partial charge in [0.2, 0.25) is 0 Å². The van der Waals surface area contributed by atoms with Crippen LogP contribution in [0.2, 0.25) is 0 Å². The molecule has 0 saturated carbocycles. The maximum atomic E-state index is 13.9. The highest BCUT2D eigenvalue weighted by Gasteiger charge is 2.53. The van der Waals surface area contributed by atoms with Crippen molar-refractivity contribution in [1.82, 2.24) is 19.9 Å². The number of aromatic amines is 2. The summed E-state index contributed by atoms with van der Waals surface area (Å²) >= 11 is 15.5. The van der Waals surface area contributed by atoms with Crippen LogP contribution in [-0.2, 0) is 45.2 Å². The van der Waals surface area contributed by atoms with Crippen molar-refractivity contribution in [2.24, 2.45) is 0 Å². The fourth-order valence-corrected chi connectivity index (χ4v) is 10.9. The molecule has 1 aliphatic carbocycles. The Bertz CT molecular complexity index is 2600. The molecule has 8 bridgehead atoms. The molecule has 0 spiro atoms. The molecule has 57 heavy (non-hydrogen) atoms. The topological polar surface area (TPSA) is 174 Å². The summed E-state index contributed by atoms with van der Waals surface area (Å²) in [7, 11) is 3.83. The predicted molar refractivity (Wildman–Crippen MR) is 231 cm³/mol. The van der Waals surface area contributed by atoms with Gasteiger partial charge < -0.3 is 29.3 Å². The number of carbonyl (C=O) groups is 4. The standard InChI is InChI=1S/C41H38Br4N4O8/c1-9-19-16(2)31-28(43)37-23-13-10-22(39(53)56-7)26(40(54)57-8)41(23,5)38(49-37)30(45)33-18(4)21(12-15-25(52)55-6)36(48-33)29(44)35-20(11-14-24(50)51)17(3)32(47-35)27(42)34(19)46-31/h9-10,13,23,46,48H,1,11-12,14-15H2,2-8H3,(H,50,51). The summed E-state index contributed by atoms with van der Waals surface area (Å²) in [5.74, 6) is -3.40. The van der Waals surface area contributed by atoms with Crippen molar-refractivity contribution in [3.05, 3.63) is 92.8 Å². The Morgan fingerprint density at radius 1 is 0.825 bits per heavy atom. The van der Waals surface area contributed by atoms with Crippen LogP contribution in [0.4, 0.5) is 0 Å². The highest BCUT2D eigenvalue weighted by atomic mass is 79.9. The summed E-state index contributed by atoms with van der Waals surface area (Å²) in [6, 6.07) is 0. The summed E-state index contributed by atoms with van der Waals surface area (Å²) in [6.07, 6.45) is 5.54. The van der Waals surface area contributed by atoms with Crippen LogP contribution in [0.3, 0.4) is 0 Å². The number of allylic oxidation sites excluding steroid dienone is 3. The number of carboxylic acids is 1. The van der Waals surface area contributed by atoms with Crippen LogP contribution in [0.25, 0.3) is 39.3 Å². The smallest absolute Gasteiger partial charge is 0.338 e. The normalized spacial score (nSPS) is 17.4. The van der Waals surface area contributed by atoms with Crippen molar-refractivity contribution in [3.63, 3.8) is 0 Å². The fourth-order valence-electron chi connectivity index (χ4n) is 7.94. The molecule has 2 unspecified atom stereocenters. The van der Waals surface area contributed by atoms with Gasteiger partial charge in [-0.05, 0) is 132 Å². The van der Waals surface area contributed by atoms with Crippen LogP contribution in [0.1, 0.15) is 84.1 Å². The molecule has 0 aromatic carbocycles. The summed E-state index contributed by atoms with van der Waals surface area (Å²) in [5.41, 5.74) is 8.07. The number of hydrogen-bond acceptors (Lipinski definition) is 9. The average Bonchev–Trinajstić information content (AvgIpc) is 3.91. The van der Waals surface area contributed by atoms with Crippen LogP contribution in [0, 0.1) is 13.8 Å². The molecule has 0 saturated heterocycles. The van der Waals surface area contributed by atoms with Gasteiger partial charge in [0.05, 0.1) is 101 Å². The maximum Gasteiger partial charge on any atom is 0.338 e. The zero-order valence-corrected chi connectivity index (χ0v) is 38.4. The lowest BCUT2D eigenvalue weighted by Crippen LogP contribution is -2.37. The molecule has 3 aromatic rings. The van der Waals surface area contributed by atoms with Gasteiger partial charge in [-0.3, -0.25) is 14.6 Å². The molecule has 12 nitrogen and oxygen atoms in total. The fraction of sp³-hybridized carbons (Fsp3) is 0.317. The van der Waals surface area contributed by atoms with Gasteiger partial charge in [-0.2, -0.15) is 0 Å². The molecule has 3 N–H and O–H groups in total. The quantitative estimate of drug-likeness (QED) is 0.138. The van der Waals surface area contributed by atoms with Gasteiger partial charge >= 0.3 is 23.9 Å². The first-order chi connectivity index (χ1) is 27.0. The minimum absolute atomic E-state index is 0.0334. The van der Waals surface area contributed by atoms with Crippen LogP contribution in [-0.4, -0.2) is 70.2 Å². The zero-order chi connectivity index (χ0) is 41.8. The van der Waals surface area contributed by atoms with Crippen LogP contribution in [0.15, 0.2) is 47.8 Å². The van der Waals surface area contributed by atoms with Crippen molar-refractivity contribution >= 4 is 127 Å². The Balaban J connectivity index is 1.91. The molecule has 2 atom stereocenters. The van der Waals surface area contributed by atoms with Gasteiger partial charge in [-0.25, -0.2) is 14.6 Å². The Morgan fingerprint density at radius 2 is 1.46 bits per heavy atom. The number of nitrogens with zero attached hydrogens (tertiary/aromatic N) is 2. The third-order valence-electron chi connectivity index (χ3n) is 11.0. The Morgan fingerprint density at radius 3 is 2.07 bits per heavy atom. The van der Waals surface area contributed by atoms with E-state index in [2.05, 4.69) is 80.3 Å². The molecule has 3 aliphatic rings. The molecule has 3 aromatic heterocycles. The summed E-state index contributed by atoms with van der Waals surface area (Å²) < 4.78 is 17.7. The molecule has 6 rings (SSSR count). The number of hydrogen-bond donors (Lipinski definition) is 3. The van der Waals surface area contributed by atoms with E-state index in [1.807, 2.05) is 33.8 Å². The minimum Gasteiger partial charge on any atom is -0.481 e. The molecule has 16 heteroatoms. The Hall–Kier alpha value is -4.12. The lowest BCUT2D eigenvalue weighted by Gasteiger charge is -2.35. The number of aromatic nitrogens is 4. The van der Waals surface area contributed by atoms with E-state index < -0.39 is 35.2 Å². The van der Waals surface area contributed by atoms with E-state index in [0.717, 1.165) is 33.4 Å². The molecule has 0 radical (unpaired) electrons. The van der Waals surface area contributed by atoms with E-state index in [1.165, 1.54) is 21.3 Å². The summed E-state index contributed by atoms with van der Waals surface area (Å²) in [4.78, 5) is 69.3. The Kier molecular flexibility index (Phi) is 12.1. The third kappa shape index (κ3) is 6.89. The SMILES string of the molecule is C=Cc1c(C)c2[nH]c1c(Br)c1nc(c(Br)c3[nH]c(c(C)c3CCC(=O)OC)c(Br)c3nc(c2Br)C2C=CC(C(=O)OC)=C(C(=O)OC)C32C)C(CCC(=O)O)=C1C. The van der Waals surface area contributed by atoms with Crippen molar-refractivity contribution in [2.75, 3.05) is 21.3 Å². The van der Waals surface area contributed by atoms with Gasteiger partial charge in [0.1, 0.15) is 0 Å². The average molecular weight is 1030 g/mol. The number of aryl methyl sites for hydroxylation is 3. The largest absolute Gasteiger partial charge is 0.481 e. The number of H-pyrrole nitrogens is 2. The second-order valence-electron chi connectivity index (χ2n) is 13.9. The number of halogens is 4. The van der Waals surface area contributed by atoms with Crippen LogP contribution >= 0.6 is 63.7 Å². The monoisotopic (exact) mass is 1030 g/mol. The molecular weight excluding hydrogens is 996 g/mol. The minimum atomic E-state index is -1.29. The number of rotatable bonds is 9. The third-order valence-corrected chi connectivity index (χ3v) is 14.1. The van der Waals surface area contributed by atoms with Gasteiger partial charge in [-0.1, -0.05) is 24.8 Å². The van der Waals surface area contributed by atoms with Crippen LogP contribution < -0.4 is 0 Å². The van der Waals surface area contributed by atoms with E-state index in [0.29, 0.717) is 62.7 Å². The van der Waals surface area contributed by atoms with Crippen LogP contribution in [0.5, 0.6) is 0 Å². The van der Waals surface area contributed by atoms with E-state index in [1.54, 1.807) is 12.2 Å². The van der Waals surface area contributed by atoms with Gasteiger partial charge in [0.15, 0.2) is 0 Å². The van der Waals surface area contributed by atoms with Gasteiger partial charge in [0, 0.05) is 24.3 Å². The van der Waals surface area contributed by atoms with E-state index in [9.17, 15) is 24.3 Å². The first-order valence-corrected chi connectivity index (χ1v) is 20.8. The number of ether oxygens (including phenoxy) is 3. The number of methoxy groups -OCH3 is 3. The number of fused-ring (bicyclic) bond motifs is 11. The van der Waals surface area contributed by atoms with Crippen molar-refractivity contribution in [1.29, 1.82) is 0 Å². The number of aliphatic carboxylic acids is 1. The lowest BCUT2D eigenvalue weighted by atomic mass is 9.65. The van der Waals surface area contributed by atoms with Gasteiger partial charge in [0.25, 0.3) is 0 Å². The Labute approximate surface area is 361 Å². The molecule has 2 aliphatic heterocycles. The lowest BCUT2D eigenvalue weighted by molar-refractivity contribution is -0.140. The first-order valence-electron chi connectivity index (χ1n) is 17.7. The zero-order valence-electron chi connectivity index (χ0n) is 32.1. The molecular formula is C41H38Br4N4O8. The van der Waals surface area contributed by atoms with Gasteiger partial charge in [-0.15, -0.1) is 0 Å². The van der Waals surface area contributed by atoms with Crippen molar-refractivity contribution in [3.8, 4) is 0 Å². The second-order valence-corrected chi connectivity index (χ2v) is 17.1. The van der Waals surface area contributed by atoms with E-state index in [-0.39, 0.29) is 36.8 Å². The summed E-state index contributed by atoms with van der Waals surface area (Å²) in [5, 5.41) is 9.76. The molecule has 0 fully saturated rings. The van der Waals surface area contributed by atoms with E-state index in [4.69, 9.17) is 24.2 Å². The number of nitrogens with one attached hydrogen (secondary N) is 2. The molecule has 5 heterocycles. The highest BCUT2D eigenvalue weighted by Crippen LogP contribution is 2.56.